The summed E-state index contributed by atoms with van der Waals surface area (Å²) in [7, 11) is 4.07. The Morgan fingerprint density at radius 2 is 1.72 bits per heavy atom. The Morgan fingerprint density at radius 1 is 1.00 bits per heavy atom. The molecule has 6 nitrogen and oxygen atoms in total. The van der Waals surface area contributed by atoms with Gasteiger partial charge in [0.15, 0.2) is 0 Å². The zero-order chi connectivity index (χ0) is 17.4. The Morgan fingerprint density at radius 3 is 2.40 bits per heavy atom. The van der Waals surface area contributed by atoms with Crippen LogP contribution in [0, 0.1) is 0 Å². The van der Waals surface area contributed by atoms with Gasteiger partial charge in [0.2, 0.25) is 5.95 Å². The van der Waals surface area contributed by atoms with Crippen molar-refractivity contribution in [3.05, 3.63) is 72.1 Å². The average Bonchev–Trinajstić information content (AvgIpc) is 3.10. The van der Waals surface area contributed by atoms with Crippen molar-refractivity contribution in [2.24, 2.45) is 5.73 Å². The van der Waals surface area contributed by atoms with E-state index in [-0.39, 0.29) is 18.1 Å². The molecule has 0 saturated carbocycles. The van der Waals surface area contributed by atoms with Crippen molar-refractivity contribution in [2.75, 3.05) is 24.3 Å². The molecule has 1 aromatic heterocycles. The Kier molecular flexibility index (Phi) is 3.89. The van der Waals surface area contributed by atoms with Crippen LogP contribution in [-0.4, -0.2) is 34.9 Å². The number of hydrogen-bond acceptors (Lipinski definition) is 5. The van der Waals surface area contributed by atoms with E-state index in [1.807, 2.05) is 37.0 Å². The molecular weight excluding hydrogens is 312 g/mol. The van der Waals surface area contributed by atoms with Gasteiger partial charge in [-0.15, -0.1) is 0 Å². The molecule has 128 valence electrons. The fraction of sp³-hybridized carbons (Fsp3) is 0.263. The minimum Gasteiger partial charge on any atom is -0.378 e. The maximum atomic E-state index is 6.70. The molecule has 0 spiro atoms. The molecule has 1 aliphatic heterocycles. The molecular formula is C19H22N6. The first-order valence-electron chi connectivity index (χ1n) is 8.39. The van der Waals surface area contributed by atoms with Gasteiger partial charge in [-0.25, -0.2) is 4.68 Å². The van der Waals surface area contributed by atoms with E-state index < -0.39 is 0 Å². The van der Waals surface area contributed by atoms with Crippen molar-refractivity contribution >= 4 is 11.6 Å². The Bertz CT molecular complexity index is 840. The first-order valence-corrected chi connectivity index (χ1v) is 8.39. The number of nitrogens with two attached hydrogens (primary N) is 1. The van der Waals surface area contributed by atoms with Crippen molar-refractivity contribution < 1.29 is 0 Å². The van der Waals surface area contributed by atoms with E-state index in [1.165, 1.54) is 0 Å². The largest absolute Gasteiger partial charge is 0.378 e. The first kappa shape index (κ1) is 15.7. The van der Waals surface area contributed by atoms with E-state index in [0.717, 1.165) is 22.8 Å². The van der Waals surface area contributed by atoms with Gasteiger partial charge in [-0.1, -0.05) is 42.5 Å². The van der Waals surface area contributed by atoms with Crippen LogP contribution in [0.5, 0.6) is 0 Å². The van der Waals surface area contributed by atoms with Crippen molar-refractivity contribution in [1.29, 1.82) is 0 Å². The molecule has 0 bridgehead atoms. The predicted molar refractivity (Wildman–Crippen MR) is 99.7 cm³/mol. The molecule has 0 unspecified atom stereocenters. The SMILES string of the molecule is CN(C)c1ccc([C@H]2Nc3ncnn3[C@H](c3ccccc3)[C@@H]2N)cc1. The number of nitrogens with zero attached hydrogens (tertiary/aromatic N) is 4. The second-order valence-electron chi connectivity index (χ2n) is 6.57. The van der Waals surface area contributed by atoms with E-state index in [0.29, 0.717) is 0 Å². The highest BCUT2D eigenvalue weighted by Gasteiger charge is 2.37. The highest BCUT2D eigenvalue weighted by molar-refractivity contribution is 5.49. The third-order valence-electron chi connectivity index (χ3n) is 4.78. The molecule has 0 saturated heterocycles. The van der Waals surface area contributed by atoms with Crippen molar-refractivity contribution in [3.63, 3.8) is 0 Å². The zero-order valence-corrected chi connectivity index (χ0v) is 14.4. The van der Waals surface area contributed by atoms with Crippen molar-refractivity contribution in [3.8, 4) is 0 Å². The fourth-order valence-electron chi connectivity index (χ4n) is 3.44. The maximum absolute atomic E-state index is 6.70. The van der Waals surface area contributed by atoms with Gasteiger partial charge < -0.3 is 16.0 Å². The molecule has 25 heavy (non-hydrogen) atoms. The summed E-state index contributed by atoms with van der Waals surface area (Å²) in [5.41, 5.74) is 10.1. The number of aromatic nitrogens is 3. The number of rotatable bonds is 3. The molecule has 2 heterocycles. The van der Waals surface area contributed by atoms with Gasteiger partial charge in [-0.3, -0.25) is 0 Å². The number of anilines is 2. The van der Waals surface area contributed by atoms with Crippen LogP contribution in [0.3, 0.4) is 0 Å². The summed E-state index contributed by atoms with van der Waals surface area (Å²) in [6, 6.07) is 18.5. The molecule has 4 rings (SSSR count). The summed E-state index contributed by atoms with van der Waals surface area (Å²) in [5.74, 6) is 0.747. The van der Waals surface area contributed by atoms with Gasteiger partial charge in [0, 0.05) is 19.8 Å². The standard InChI is InChI=1S/C19H22N6/c1-24(2)15-10-8-13(9-11-15)17-16(20)18(14-6-4-3-5-7-14)25-19(23-17)21-12-22-25/h3-12,16-18H,20H2,1-2H3,(H,21,22,23)/t16-,17-,18-/m1/s1. The molecule has 1 aliphatic rings. The topological polar surface area (TPSA) is 72.0 Å². The van der Waals surface area contributed by atoms with Crippen LogP contribution in [0.25, 0.3) is 0 Å². The van der Waals surface area contributed by atoms with Crippen LogP contribution in [0.4, 0.5) is 11.6 Å². The summed E-state index contributed by atoms with van der Waals surface area (Å²) >= 11 is 0. The van der Waals surface area contributed by atoms with Crippen LogP contribution < -0.4 is 16.0 Å². The lowest BCUT2D eigenvalue weighted by Gasteiger charge is -2.37. The van der Waals surface area contributed by atoms with E-state index in [4.69, 9.17) is 5.73 Å². The van der Waals surface area contributed by atoms with Crippen LogP contribution in [0.15, 0.2) is 60.9 Å². The number of hydrogen-bond donors (Lipinski definition) is 2. The molecule has 2 aromatic carbocycles. The van der Waals surface area contributed by atoms with Crippen LogP contribution in [0.1, 0.15) is 23.2 Å². The maximum Gasteiger partial charge on any atom is 0.222 e. The summed E-state index contributed by atoms with van der Waals surface area (Å²) in [5, 5.41) is 7.83. The smallest absolute Gasteiger partial charge is 0.222 e. The fourth-order valence-corrected chi connectivity index (χ4v) is 3.44. The first-order chi connectivity index (χ1) is 12.1. The van der Waals surface area contributed by atoms with E-state index in [9.17, 15) is 0 Å². The summed E-state index contributed by atoms with van der Waals surface area (Å²) in [6.45, 7) is 0. The molecule has 0 fully saturated rings. The molecule has 0 radical (unpaired) electrons. The second kappa shape index (κ2) is 6.22. The van der Waals surface area contributed by atoms with Gasteiger partial charge in [-0.05, 0) is 23.3 Å². The minimum atomic E-state index is -0.165. The number of benzene rings is 2. The Labute approximate surface area is 147 Å². The summed E-state index contributed by atoms with van der Waals surface area (Å²) in [6.07, 6.45) is 1.57. The van der Waals surface area contributed by atoms with Gasteiger partial charge >= 0.3 is 0 Å². The van der Waals surface area contributed by atoms with Gasteiger partial charge in [0.1, 0.15) is 6.33 Å². The zero-order valence-electron chi connectivity index (χ0n) is 14.4. The summed E-state index contributed by atoms with van der Waals surface area (Å²) in [4.78, 5) is 6.45. The molecule has 6 heteroatoms. The highest BCUT2D eigenvalue weighted by Crippen LogP contribution is 2.36. The molecule has 0 amide bonds. The minimum absolute atomic E-state index is 0.0295. The average molecular weight is 334 g/mol. The molecule has 3 N–H and O–H groups in total. The van der Waals surface area contributed by atoms with Gasteiger partial charge in [0.05, 0.1) is 18.1 Å². The third kappa shape index (κ3) is 2.74. The van der Waals surface area contributed by atoms with Gasteiger partial charge in [0.25, 0.3) is 0 Å². The van der Waals surface area contributed by atoms with Crippen LogP contribution in [0.2, 0.25) is 0 Å². The quantitative estimate of drug-likeness (QED) is 0.770. The molecule has 0 aliphatic carbocycles. The van der Waals surface area contributed by atoms with Crippen LogP contribution >= 0.6 is 0 Å². The van der Waals surface area contributed by atoms with Crippen molar-refractivity contribution in [2.45, 2.75) is 18.1 Å². The Balaban J connectivity index is 1.73. The molecule has 3 atom stereocenters. The lowest BCUT2D eigenvalue weighted by molar-refractivity contribution is 0.371. The second-order valence-corrected chi connectivity index (χ2v) is 6.57. The monoisotopic (exact) mass is 334 g/mol. The molecule has 3 aromatic rings. The number of fused-ring (bicyclic) bond motifs is 1. The normalized spacial score (nSPS) is 22.1. The van der Waals surface area contributed by atoms with E-state index in [1.54, 1.807) is 6.33 Å². The summed E-state index contributed by atoms with van der Waals surface area (Å²) < 4.78 is 1.88. The lowest BCUT2D eigenvalue weighted by atomic mass is 9.89. The lowest BCUT2D eigenvalue weighted by Crippen LogP contribution is -2.46. The van der Waals surface area contributed by atoms with Crippen LogP contribution in [-0.2, 0) is 0 Å². The third-order valence-corrected chi connectivity index (χ3v) is 4.78. The van der Waals surface area contributed by atoms with E-state index in [2.05, 4.69) is 56.7 Å². The van der Waals surface area contributed by atoms with Crippen molar-refractivity contribution in [1.82, 2.24) is 14.8 Å². The van der Waals surface area contributed by atoms with E-state index >= 15 is 0 Å². The number of nitrogens with one attached hydrogen (secondary N) is 1. The highest BCUT2D eigenvalue weighted by atomic mass is 15.4. The Hall–Kier alpha value is -2.86. The van der Waals surface area contributed by atoms with Gasteiger partial charge in [-0.2, -0.15) is 10.1 Å². The predicted octanol–water partition coefficient (Wildman–Crippen LogP) is 2.43.